The molecule has 27 heavy (non-hydrogen) atoms. The van der Waals surface area contributed by atoms with Gasteiger partial charge in [0.15, 0.2) is 5.69 Å². The van der Waals surface area contributed by atoms with E-state index in [0.29, 0.717) is 11.6 Å². The number of carbonyl (C=O) groups excluding carboxylic acids is 1. The smallest absolute Gasteiger partial charge is 0.275 e. The Labute approximate surface area is 158 Å². The van der Waals surface area contributed by atoms with Crippen LogP contribution >= 0.6 is 0 Å². The number of nitrogens with zero attached hydrogens (tertiary/aromatic N) is 4. The molecule has 1 unspecified atom stereocenters. The van der Waals surface area contributed by atoms with Crippen LogP contribution in [0.5, 0.6) is 0 Å². The number of para-hydroxylation sites is 1. The maximum Gasteiger partial charge on any atom is 0.275 e. The van der Waals surface area contributed by atoms with Gasteiger partial charge >= 0.3 is 0 Å². The second-order valence-electron chi connectivity index (χ2n) is 7.94. The summed E-state index contributed by atoms with van der Waals surface area (Å²) in [5.41, 5.74) is 1.44. The molecule has 140 valence electrons. The van der Waals surface area contributed by atoms with Gasteiger partial charge in [-0.15, -0.1) is 0 Å². The standard InChI is InChI=1S/C21H25N5O/c27-21(19-17-8-1-2-9-18(17)23-24-19)26-11-4-7-16(14-26)20-22-10-12-25(20)13-15-5-3-6-15/h1-2,8-10,12,15-16H,3-7,11,13-14H2,(H,23,24). The highest BCUT2D eigenvalue weighted by molar-refractivity contribution is 6.04. The van der Waals surface area contributed by atoms with E-state index in [2.05, 4.69) is 25.9 Å². The lowest BCUT2D eigenvalue weighted by Crippen LogP contribution is -2.40. The van der Waals surface area contributed by atoms with Crippen molar-refractivity contribution in [3.63, 3.8) is 0 Å². The van der Waals surface area contributed by atoms with Crippen molar-refractivity contribution in [2.24, 2.45) is 5.92 Å². The highest BCUT2D eigenvalue weighted by Gasteiger charge is 2.30. The second-order valence-corrected chi connectivity index (χ2v) is 7.94. The fourth-order valence-electron chi connectivity index (χ4n) is 4.44. The van der Waals surface area contributed by atoms with Crippen molar-refractivity contribution >= 4 is 16.8 Å². The molecule has 1 atom stereocenters. The van der Waals surface area contributed by atoms with Crippen LogP contribution in [-0.4, -0.2) is 43.6 Å². The number of imidazole rings is 1. The van der Waals surface area contributed by atoms with Crippen LogP contribution in [0.2, 0.25) is 0 Å². The Hall–Kier alpha value is -2.63. The number of nitrogens with one attached hydrogen (secondary N) is 1. The number of piperidine rings is 1. The zero-order chi connectivity index (χ0) is 18.2. The van der Waals surface area contributed by atoms with E-state index in [1.54, 1.807) is 0 Å². The highest BCUT2D eigenvalue weighted by atomic mass is 16.2. The number of aromatic nitrogens is 4. The lowest BCUT2D eigenvalue weighted by Gasteiger charge is -2.33. The van der Waals surface area contributed by atoms with Gasteiger partial charge in [-0.2, -0.15) is 5.10 Å². The van der Waals surface area contributed by atoms with Gasteiger partial charge in [-0.25, -0.2) is 4.98 Å². The minimum atomic E-state index is 0.0225. The van der Waals surface area contributed by atoms with Gasteiger partial charge in [0, 0.05) is 43.3 Å². The maximum atomic E-state index is 13.1. The van der Waals surface area contributed by atoms with Crippen molar-refractivity contribution in [1.29, 1.82) is 0 Å². The molecule has 5 rings (SSSR count). The Morgan fingerprint density at radius 3 is 2.93 bits per heavy atom. The van der Waals surface area contributed by atoms with Crippen molar-refractivity contribution in [1.82, 2.24) is 24.6 Å². The Kier molecular flexibility index (Phi) is 4.19. The fraction of sp³-hybridized carbons (Fsp3) is 0.476. The third-order valence-corrected chi connectivity index (χ3v) is 6.17. The molecule has 2 fully saturated rings. The average molecular weight is 363 g/mol. The summed E-state index contributed by atoms with van der Waals surface area (Å²) < 4.78 is 2.33. The van der Waals surface area contributed by atoms with Crippen LogP contribution < -0.4 is 0 Å². The van der Waals surface area contributed by atoms with Gasteiger partial charge in [0.05, 0.1) is 5.52 Å². The van der Waals surface area contributed by atoms with Gasteiger partial charge in [0.25, 0.3) is 5.91 Å². The van der Waals surface area contributed by atoms with Gasteiger partial charge < -0.3 is 9.47 Å². The zero-order valence-corrected chi connectivity index (χ0v) is 15.5. The van der Waals surface area contributed by atoms with Crippen LogP contribution in [0.3, 0.4) is 0 Å². The molecule has 2 aromatic heterocycles. The third-order valence-electron chi connectivity index (χ3n) is 6.17. The molecule has 0 radical (unpaired) electrons. The first-order chi connectivity index (χ1) is 13.3. The third kappa shape index (κ3) is 3.03. The molecule has 0 bridgehead atoms. The molecule has 3 aromatic rings. The fourth-order valence-corrected chi connectivity index (χ4v) is 4.44. The van der Waals surface area contributed by atoms with Crippen molar-refractivity contribution in [3.05, 3.63) is 48.2 Å². The van der Waals surface area contributed by atoms with Crippen molar-refractivity contribution in [2.75, 3.05) is 13.1 Å². The Morgan fingerprint density at radius 2 is 2.07 bits per heavy atom. The summed E-state index contributed by atoms with van der Waals surface area (Å²) in [7, 11) is 0. The Bertz CT molecular complexity index is 954. The van der Waals surface area contributed by atoms with Crippen molar-refractivity contribution < 1.29 is 4.79 Å². The van der Waals surface area contributed by atoms with Crippen molar-refractivity contribution in [3.8, 4) is 0 Å². The first kappa shape index (κ1) is 16.5. The van der Waals surface area contributed by atoms with Crippen LogP contribution in [0.15, 0.2) is 36.7 Å². The zero-order valence-electron chi connectivity index (χ0n) is 15.5. The Balaban J connectivity index is 1.35. The van der Waals surface area contributed by atoms with Gasteiger partial charge in [-0.3, -0.25) is 9.89 Å². The summed E-state index contributed by atoms with van der Waals surface area (Å²) in [6.45, 7) is 2.59. The van der Waals surface area contributed by atoms with E-state index >= 15 is 0 Å². The van der Waals surface area contributed by atoms with E-state index in [0.717, 1.165) is 55.1 Å². The summed E-state index contributed by atoms with van der Waals surface area (Å²) >= 11 is 0. The normalized spacial score (nSPS) is 20.7. The number of likely N-dealkylation sites (tertiary alicyclic amines) is 1. The molecule has 1 aliphatic heterocycles. The summed E-state index contributed by atoms with van der Waals surface area (Å²) in [5.74, 6) is 2.28. The molecule has 3 heterocycles. The second kappa shape index (κ2) is 6.83. The van der Waals surface area contributed by atoms with Gasteiger partial charge in [0.2, 0.25) is 0 Å². The minimum absolute atomic E-state index is 0.0225. The number of amides is 1. The molecule has 1 aromatic carbocycles. The minimum Gasteiger partial charge on any atom is -0.337 e. The monoisotopic (exact) mass is 363 g/mol. The van der Waals surface area contributed by atoms with Crippen LogP contribution in [0.4, 0.5) is 0 Å². The largest absolute Gasteiger partial charge is 0.337 e. The number of rotatable bonds is 4. The van der Waals surface area contributed by atoms with Gasteiger partial charge in [0.1, 0.15) is 5.82 Å². The maximum absolute atomic E-state index is 13.1. The molecular formula is C21H25N5O. The number of carbonyl (C=O) groups is 1. The van der Waals surface area contributed by atoms with E-state index in [1.807, 2.05) is 35.4 Å². The molecule has 2 aliphatic rings. The molecular weight excluding hydrogens is 338 g/mol. The van der Waals surface area contributed by atoms with E-state index in [9.17, 15) is 4.79 Å². The number of hydrogen-bond acceptors (Lipinski definition) is 3. The van der Waals surface area contributed by atoms with Crippen LogP contribution in [0.25, 0.3) is 10.9 Å². The molecule has 1 saturated heterocycles. The predicted octanol–water partition coefficient (Wildman–Crippen LogP) is 3.58. The predicted molar refractivity (Wildman–Crippen MR) is 104 cm³/mol. The van der Waals surface area contributed by atoms with Crippen LogP contribution in [-0.2, 0) is 6.54 Å². The topological polar surface area (TPSA) is 66.8 Å². The first-order valence-electron chi connectivity index (χ1n) is 10.0. The number of hydrogen-bond donors (Lipinski definition) is 1. The summed E-state index contributed by atoms with van der Waals surface area (Å²) in [5, 5.41) is 8.17. The van der Waals surface area contributed by atoms with E-state index in [4.69, 9.17) is 0 Å². The number of benzene rings is 1. The number of H-pyrrole nitrogens is 1. The van der Waals surface area contributed by atoms with E-state index in [1.165, 1.54) is 19.3 Å². The van der Waals surface area contributed by atoms with E-state index in [-0.39, 0.29) is 5.91 Å². The molecule has 1 amide bonds. The van der Waals surface area contributed by atoms with Crippen molar-refractivity contribution in [2.45, 2.75) is 44.6 Å². The van der Waals surface area contributed by atoms with Crippen LogP contribution in [0.1, 0.15) is 54.3 Å². The number of aromatic amines is 1. The quantitative estimate of drug-likeness (QED) is 0.770. The van der Waals surface area contributed by atoms with E-state index < -0.39 is 0 Å². The van der Waals surface area contributed by atoms with Gasteiger partial charge in [-0.05, 0) is 37.7 Å². The van der Waals surface area contributed by atoms with Gasteiger partial charge in [-0.1, -0.05) is 24.6 Å². The molecule has 0 spiro atoms. The lowest BCUT2D eigenvalue weighted by molar-refractivity contribution is 0.0698. The molecule has 1 aliphatic carbocycles. The highest BCUT2D eigenvalue weighted by Crippen LogP contribution is 2.31. The SMILES string of the molecule is O=C(c1n[nH]c2ccccc12)N1CCCC(c2nccn2CC2CCC2)C1. The van der Waals surface area contributed by atoms with Crippen LogP contribution in [0, 0.1) is 5.92 Å². The molecule has 6 nitrogen and oxygen atoms in total. The molecule has 1 saturated carbocycles. The summed E-state index contributed by atoms with van der Waals surface area (Å²) in [6, 6.07) is 7.81. The average Bonchev–Trinajstić information content (AvgIpc) is 3.31. The number of fused-ring (bicyclic) bond motifs is 1. The molecule has 6 heteroatoms. The Morgan fingerprint density at radius 1 is 1.19 bits per heavy atom. The first-order valence-corrected chi connectivity index (χ1v) is 10.0. The summed E-state index contributed by atoms with van der Waals surface area (Å²) in [4.78, 5) is 19.7. The molecule has 1 N–H and O–H groups in total. The lowest BCUT2D eigenvalue weighted by atomic mass is 9.85. The summed E-state index contributed by atoms with van der Waals surface area (Å²) in [6.07, 6.45) is 10.1.